The summed E-state index contributed by atoms with van der Waals surface area (Å²) in [4.78, 5) is 8.51. The van der Waals surface area contributed by atoms with Crippen LogP contribution in [0.4, 0.5) is 5.69 Å². The summed E-state index contributed by atoms with van der Waals surface area (Å²) in [6.07, 6.45) is 1.56. The number of aromatic nitrogens is 2. The Labute approximate surface area is 84.5 Å². The third kappa shape index (κ3) is 2.20. The number of nitrogens with two attached hydrogens (primary N) is 1. The molecule has 0 radical (unpaired) electrons. The maximum absolute atomic E-state index is 5.77. The van der Waals surface area contributed by atoms with Gasteiger partial charge in [0.1, 0.15) is 6.10 Å². The largest absolute Gasteiger partial charge is 0.396 e. The monoisotopic (exact) mass is 195 g/mol. The third-order valence-corrected chi connectivity index (χ3v) is 2.13. The molecule has 2 N–H and O–H groups in total. The summed E-state index contributed by atoms with van der Waals surface area (Å²) in [7, 11) is 1.64. The highest BCUT2D eigenvalue weighted by molar-refractivity contribution is 5.42. The van der Waals surface area contributed by atoms with E-state index >= 15 is 0 Å². The van der Waals surface area contributed by atoms with Gasteiger partial charge in [0.15, 0.2) is 5.82 Å². The van der Waals surface area contributed by atoms with Crippen LogP contribution in [0.15, 0.2) is 6.20 Å². The summed E-state index contributed by atoms with van der Waals surface area (Å²) in [6, 6.07) is 0. The summed E-state index contributed by atoms with van der Waals surface area (Å²) in [5.74, 6) is 0.992. The van der Waals surface area contributed by atoms with Gasteiger partial charge in [-0.15, -0.1) is 0 Å². The predicted molar refractivity (Wildman–Crippen MR) is 56.0 cm³/mol. The molecule has 1 aromatic rings. The second-order valence-electron chi connectivity index (χ2n) is 3.60. The van der Waals surface area contributed by atoms with Gasteiger partial charge in [-0.3, -0.25) is 0 Å². The molecular formula is C10H17N3O. The highest BCUT2D eigenvalue weighted by Gasteiger charge is 2.12. The van der Waals surface area contributed by atoms with Gasteiger partial charge in [0.25, 0.3) is 0 Å². The van der Waals surface area contributed by atoms with E-state index < -0.39 is 0 Å². The molecule has 0 amide bonds. The molecule has 1 heterocycles. The molecule has 0 aromatic carbocycles. The Balaban J connectivity index is 3.06. The van der Waals surface area contributed by atoms with Crippen LogP contribution in [-0.4, -0.2) is 17.1 Å². The highest BCUT2D eigenvalue weighted by Crippen LogP contribution is 2.20. The predicted octanol–water partition coefficient (Wildman–Crippen LogP) is 1.89. The summed E-state index contributed by atoms with van der Waals surface area (Å²) >= 11 is 0. The van der Waals surface area contributed by atoms with Gasteiger partial charge in [-0.2, -0.15) is 0 Å². The Bertz CT molecular complexity index is 312. The van der Waals surface area contributed by atoms with Crippen molar-refractivity contribution >= 4 is 5.69 Å². The van der Waals surface area contributed by atoms with Crippen LogP contribution in [0, 0.1) is 0 Å². The molecule has 0 bridgehead atoms. The smallest absolute Gasteiger partial charge is 0.157 e. The van der Waals surface area contributed by atoms with Gasteiger partial charge in [-0.05, 0) is 12.8 Å². The first-order valence-corrected chi connectivity index (χ1v) is 4.71. The van der Waals surface area contributed by atoms with Crippen LogP contribution in [0.2, 0.25) is 0 Å². The van der Waals surface area contributed by atoms with E-state index in [1.165, 1.54) is 0 Å². The molecular weight excluding hydrogens is 178 g/mol. The van der Waals surface area contributed by atoms with E-state index in [1.54, 1.807) is 13.3 Å². The van der Waals surface area contributed by atoms with Crippen LogP contribution in [0.3, 0.4) is 0 Å². The molecule has 0 aliphatic carbocycles. The van der Waals surface area contributed by atoms with E-state index in [1.807, 2.05) is 6.92 Å². The summed E-state index contributed by atoms with van der Waals surface area (Å²) < 4.78 is 5.15. The molecule has 0 aliphatic rings. The van der Waals surface area contributed by atoms with Crippen molar-refractivity contribution in [2.45, 2.75) is 32.8 Å². The van der Waals surface area contributed by atoms with Crippen molar-refractivity contribution in [1.82, 2.24) is 9.97 Å². The topological polar surface area (TPSA) is 61.0 Å². The quantitative estimate of drug-likeness (QED) is 0.800. The summed E-state index contributed by atoms with van der Waals surface area (Å²) in [6.45, 7) is 6.02. The van der Waals surface area contributed by atoms with E-state index in [0.717, 1.165) is 5.69 Å². The van der Waals surface area contributed by atoms with Crippen LogP contribution in [0.25, 0.3) is 0 Å². The molecule has 1 unspecified atom stereocenters. The fraction of sp³-hybridized carbons (Fsp3) is 0.600. The average Bonchev–Trinajstić information content (AvgIpc) is 2.17. The van der Waals surface area contributed by atoms with E-state index in [9.17, 15) is 0 Å². The maximum atomic E-state index is 5.77. The molecule has 0 saturated carbocycles. The molecule has 0 aliphatic heterocycles. The zero-order valence-electron chi connectivity index (χ0n) is 9.11. The standard InChI is InChI=1S/C10H17N3O/c1-6(2)9-8(11)5-12-10(13-9)7(3)14-4/h5-7H,11H2,1-4H3. The first-order valence-electron chi connectivity index (χ1n) is 4.71. The van der Waals surface area contributed by atoms with Gasteiger partial charge < -0.3 is 10.5 Å². The lowest BCUT2D eigenvalue weighted by atomic mass is 10.1. The molecule has 1 aromatic heterocycles. The van der Waals surface area contributed by atoms with Crippen molar-refractivity contribution in [2.24, 2.45) is 0 Å². The fourth-order valence-electron chi connectivity index (χ4n) is 1.18. The minimum Gasteiger partial charge on any atom is -0.396 e. The fourth-order valence-corrected chi connectivity index (χ4v) is 1.18. The molecule has 78 valence electrons. The van der Waals surface area contributed by atoms with Crippen molar-refractivity contribution in [3.63, 3.8) is 0 Å². The normalized spacial score (nSPS) is 13.2. The van der Waals surface area contributed by atoms with Crippen LogP contribution >= 0.6 is 0 Å². The number of rotatable bonds is 3. The molecule has 1 rings (SSSR count). The molecule has 0 fully saturated rings. The van der Waals surface area contributed by atoms with Gasteiger partial charge in [-0.1, -0.05) is 13.8 Å². The van der Waals surface area contributed by atoms with Gasteiger partial charge >= 0.3 is 0 Å². The molecule has 4 heteroatoms. The van der Waals surface area contributed by atoms with E-state index in [4.69, 9.17) is 10.5 Å². The average molecular weight is 195 g/mol. The van der Waals surface area contributed by atoms with E-state index in [2.05, 4.69) is 23.8 Å². The van der Waals surface area contributed by atoms with Gasteiger partial charge in [-0.25, -0.2) is 9.97 Å². The second kappa shape index (κ2) is 4.37. The minimum atomic E-state index is -0.0897. The Kier molecular flexibility index (Phi) is 3.41. The van der Waals surface area contributed by atoms with E-state index in [-0.39, 0.29) is 6.10 Å². The number of nitrogens with zero attached hydrogens (tertiary/aromatic N) is 2. The minimum absolute atomic E-state index is 0.0897. The van der Waals surface area contributed by atoms with Crippen molar-refractivity contribution in [2.75, 3.05) is 12.8 Å². The summed E-state index contributed by atoms with van der Waals surface area (Å²) in [5, 5.41) is 0. The van der Waals surface area contributed by atoms with Crippen LogP contribution < -0.4 is 5.73 Å². The number of anilines is 1. The lowest BCUT2D eigenvalue weighted by Crippen LogP contribution is -2.08. The molecule has 1 atom stereocenters. The second-order valence-corrected chi connectivity index (χ2v) is 3.60. The van der Waals surface area contributed by atoms with Gasteiger partial charge in [0, 0.05) is 7.11 Å². The molecule has 0 saturated heterocycles. The number of hydrogen-bond donors (Lipinski definition) is 1. The van der Waals surface area contributed by atoms with E-state index in [0.29, 0.717) is 17.4 Å². The first-order chi connectivity index (χ1) is 6.56. The number of methoxy groups -OCH3 is 1. The van der Waals surface area contributed by atoms with Crippen molar-refractivity contribution in [1.29, 1.82) is 0 Å². The number of ether oxygens (including phenoxy) is 1. The van der Waals surface area contributed by atoms with Crippen molar-refractivity contribution in [3.05, 3.63) is 17.7 Å². The Morgan fingerprint density at radius 3 is 2.50 bits per heavy atom. The maximum Gasteiger partial charge on any atom is 0.157 e. The Morgan fingerprint density at radius 1 is 1.36 bits per heavy atom. The molecule has 14 heavy (non-hydrogen) atoms. The Morgan fingerprint density at radius 2 is 2.00 bits per heavy atom. The Hall–Kier alpha value is -1.16. The zero-order chi connectivity index (χ0) is 10.7. The SMILES string of the molecule is COC(C)c1ncc(N)c(C(C)C)n1. The lowest BCUT2D eigenvalue weighted by Gasteiger charge is -2.12. The van der Waals surface area contributed by atoms with Gasteiger partial charge in [0.05, 0.1) is 17.6 Å². The lowest BCUT2D eigenvalue weighted by molar-refractivity contribution is 0.112. The van der Waals surface area contributed by atoms with Crippen LogP contribution in [0.5, 0.6) is 0 Å². The zero-order valence-corrected chi connectivity index (χ0v) is 9.11. The highest BCUT2D eigenvalue weighted by atomic mass is 16.5. The third-order valence-electron chi connectivity index (χ3n) is 2.13. The van der Waals surface area contributed by atoms with Crippen molar-refractivity contribution < 1.29 is 4.74 Å². The van der Waals surface area contributed by atoms with Gasteiger partial charge in [0.2, 0.25) is 0 Å². The number of hydrogen-bond acceptors (Lipinski definition) is 4. The first kappa shape index (κ1) is 10.9. The van der Waals surface area contributed by atoms with Crippen LogP contribution in [-0.2, 0) is 4.74 Å². The number of nitrogen functional groups attached to an aromatic ring is 1. The van der Waals surface area contributed by atoms with Crippen LogP contribution in [0.1, 0.15) is 44.3 Å². The molecule has 0 spiro atoms. The molecule has 4 nitrogen and oxygen atoms in total. The van der Waals surface area contributed by atoms with Crippen molar-refractivity contribution in [3.8, 4) is 0 Å². The summed E-state index contributed by atoms with van der Waals surface area (Å²) in [5.41, 5.74) is 7.30.